The number of nitrogens with one attached hydrogen (secondary N) is 1. The molecule has 25 heavy (non-hydrogen) atoms. The van der Waals surface area contributed by atoms with Gasteiger partial charge in [-0.05, 0) is 36.8 Å². The predicted molar refractivity (Wildman–Crippen MR) is 103 cm³/mol. The summed E-state index contributed by atoms with van der Waals surface area (Å²) < 4.78 is 25.2. The first-order valence-corrected chi connectivity index (χ1v) is 10.1. The van der Waals surface area contributed by atoms with E-state index in [1.807, 2.05) is 6.07 Å². The van der Waals surface area contributed by atoms with Crippen molar-refractivity contribution in [1.82, 2.24) is 0 Å². The maximum atomic E-state index is 12.0. The number of rotatable bonds is 7. The van der Waals surface area contributed by atoms with Crippen LogP contribution in [0.15, 0.2) is 48.5 Å². The van der Waals surface area contributed by atoms with Gasteiger partial charge in [0.15, 0.2) is 0 Å². The van der Waals surface area contributed by atoms with Crippen molar-refractivity contribution in [1.29, 1.82) is 0 Å². The lowest BCUT2D eigenvalue weighted by atomic mass is 10.2. The minimum absolute atomic E-state index is 0.170. The van der Waals surface area contributed by atoms with E-state index in [0.29, 0.717) is 27.8 Å². The largest absolute Gasteiger partial charge is 0.326 e. The summed E-state index contributed by atoms with van der Waals surface area (Å²) in [5, 5.41) is 3.55. The molecular weight excluding hydrogens is 383 g/mol. The van der Waals surface area contributed by atoms with Crippen molar-refractivity contribution in [3.8, 4) is 0 Å². The minimum atomic E-state index is -3.42. The van der Waals surface area contributed by atoms with Gasteiger partial charge in [-0.15, -0.1) is 0 Å². The molecule has 1 amide bonds. The molecular formula is C17H18Cl2N2O3S. The molecule has 0 bridgehead atoms. The zero-order valence-corrected chi connectivity index (χ0v) is 15.9. The zero-order chi connectivity index (χ0) is 18.4. The van der Waals surface area contributed by atoms with Crippen molar-refractivity contribution in [2.45, 2.75) is 12.8 Å². The van der Waals surface area contributed by atoms with E-state index in [4.69, 9.17) is 23.2 Å². The van der Waals surface area contributed by atoms with Gasteiger partial charge in [0, 0.05) is 28.7 Å². The summed E-state index contributed by atoms with van der Waals surface area (Å²) in [6, 6.07) is 13.5. The standard InChI is InChI=1S/C17H18Cl2N2O3S/c1-25(23,24)21(16-6-3-2-4-7-16)9-5-8-17(22)20-15-11-13(18)10-14(19)12-15/h2-4,6-7,10-12H,5,8-9H2,1H3,(H,20,22). The lowest BCUT2D eigenvalue weighted by Crippen LogP contribution is -2.31. The van der Waals surface area contributed by atoms with Gasteiger partial charge in [0.25, 0.3) is 0 Å². The molecule has 1 N–H and O–H groups in total. The van der Waals surface area contributed by atoms with Crippen LogP contribution in [0.3, 0.4) is 0 Å². The molecule has 0 saturated heterocycles. The Morgan fingerprint density at radius 2 is 1.68 bits per heavy atom. The number of carbonyl (C=O) groups is 1. The quantitative estimate of drug-likeness (QED) is 0.757. The van der Waals surface area contributed by atoms with E-state index < -0.39 is 10.0 Å². The number of carbonyl (C=O) groups excluding carboxylic acids is 1. The summed E-state index contributed by atoms with van der Waals surface area (Å²) in [4.78, 5) is 12.0. The van der Waals surface area contributed by atoms with E-state index in [1.165, 1.54) is 4.31 Å². The van der Waals surface area contributed by atoms with Gasteiger partial charge in [0.1, 0.15) is 0 Å². The molecule has 0 aromatic heterocycles. The van der Waals surface area contributed by atoms with E-state index in [9.17, 15) is 13.2 Å². The summed E-state index contributed by atoms with van der Waals surface area (Å²) in [6.45, 7) is 0.215. The fraction of sp³-hybridized carbons (Fsp3) is 0.235. The van der Waals surface area contributed by atoms with E-state index in [-0.39, 0.29) is 18.9 Å². The first-order valence-electron chi connectivity index (χ1n) is 7.54. The van der Waals surface area contributed by atoms with E-state index >= 15 is 0 Å². The number of amides is 1. The summed E-state index contributed by atoms with van der Waals surface area (Å²) in [7, 11) is -3.42. The Morgan fingerprint density at radius 1 is 1.08 bits per heavy atom. The summed E-state index contributed by atoms with van der Waals surface area (Å²) in [5.74, 6) is -0.236. The van der Waals surface area contributed by atoms with Gasteiger partial charge in [-0.3, -0.25) is 9.10 Å². The lowest BCUT2D eigenvalue weighted by molar-refractivity contribution is -0.116. The molecule has 2 aromatic rings. The number of sulfonamides is 1. The van der Waals surface area contributed by atoms with Crippen LogP contribution in [0, 0.1) is 0 Å². The predicted octanol–water partition coefficient (Wildman–Crippen LogP) is 4.18. The third kappa shape index (κ3) is 6.23. The minimum Gasteiger partial charge on any atom is -0.326 e. The van der Waals surface area contributed by atoms with Crippen LogP contribution in [0.1, 0.15) is 12.8 Å². The van der Waals surface area contributed by atoms with Gasteiger partial charge in [-0.25, -0.2) is 8.42 Å². The number of halogens is 2. The Bertz CT molecular complexity index is 822. The number of benzene rings is 2. The molecule has 0 radical (unpaired) electrons. The third-order valence-corrected chi connectivity index (χ3v) is 4.99. The highest BCUT2D eigenvalue weighted by Gasteiger charge is 2.17. The van der Waals surface area contributed by atoms with Gasteiger partial charge in [-0.1, -0.05) is 41.4 Å². The highest BCUT2D eigenvalue weighted by molar-refractivity contribution is 7.92. The zero-order valence-electron chi connectivity index (χ0n) is 13.6. The number of nitrogens with zero attached hydrogens (tertiary/aromatic N) is 1. The maximum Gasteiger partial charge on any atom is 0.232 e. The molecule has 0 atom stereocenters. The summed E-state index contributed by atoms with van der Waals surface area (Å²) in [6.07, 6.45) is 1.69. The van der Waals surface area contributed by atoms with Crippen molar-refractivity contribution < 1.29 is 13.2 Å². The Hall–Kier alpha value is -1.76. The molecule has 0 heterocycles. The van der Waals surface area contributed by atoms with Gasteiger partial charge >= 0.3 is 0 Å². The topological polar surface area (TPSA) is 66.5 Å². The van der Waals surface area contributed by atoms with E-state index in [2.05, 4.69) is 5.32 Å². The van der Waals surface area contributed by atoms with Gasteiger partial charge < -0.3 is 5.32 Å². The van der Waals surface area contributed by atoms with Crippen molar-refractivity contribution in [3.05, 3.63) is 58.6 Å². The van der Waals surface area contributed by atoms with Crippen LogP contribution < -0.4 is 9.62 Å². The molecule has 5 nitrogen and oxygen atoms in total. The van der Waals surface area contributed by atoms with Crippen molar-refractivity contribution >= 4 is 50.5 Å². The number of para-hydroxylation sites is 1. The SMILES string of the molecule is CS(=O)(=O)N(CCCC(=O)Nc1cc(Cl)cc(Cl)c1)c1ccccc1. The molecule has 2 rings (SSSR count). The van der Waals surface area contributed by atoms with E-state index in [0.717, 1.165) is 6.26 Å². The van der Waals surface area contributed by atoms with Crippen LogP contribution in [-0.2, 0) is 14.8 Å². The van der Waals surface area contributed by atoms with Gasteiger partial charge in [0.05, 0.1) is 11.9 Å². The second kappa shape index (κ2) is 8.56. The van der Waals surface area contributed by atoms with Crippen LogP contribution in [0.5, 0.6) is 0 Å². The molecule has 0 aliphatic rings. The molecule has 134 valence electrons. The third-order valence-electron chi connectivity index (χ3n) is 3.36. The van der Waals surface area contributed by atoms with Crippen LogP contribution in [0.2, 0.25) is 10.0 Å². The molecule has 0 aliphatic heterocycles. The molecule has 0 aliphatic carbocycles. The normalized spacial score (nSPS) is 11.2. The number of hydrogen-bond donors (Lipinski definition) is 1. The first-order chi connectivity index (χ1) is 11.8. The smallest absolute Gasteiger partial charge is 0.232 e. The van der Waals surface area contributed by atoms with Crippen LogP contribution in [-0.4, -0.2) is 27.1 Å². The number of hydrogen-bond acceptors (Lipinski definition) is 3. The molecule has 0 spiro atoms. The Kier molecular flexibility index (Phi) is 6.70. The molecule has 0 unspecified atom stereocenters. The monoisotopic (exact) mass is 400 g/mol. The Labute approximate surface area is 157 Å². The summed E-state index contributed by atoms with van der Waals surface area (Å²) >= 11 is 11.8. The first kappa shape index (κ1) is 19.6. The molecule has 0 saturated carbocycles. The second-order valence-electron chi connectivity index (χ2n) is 5.48. The van der Waals surface area contributed by atoms with Crippen LogP contribution in [0.4, 0.5) is 11.4 Å². The highest BCUT2D eigenvalue weighted by atomic mass is 35.5. The van der Waals surface area contributed by atoms with Crippen LogP contribution in [0.25, 0.3) is 0 Å². The average Bonchev–Trinajstić information content (AvgIpc) is 2.50. The Balaban J connectivity index is 1.94. The van der Waals surface area contributed by atoms with E-state index in [1.54, 1.807) is 42.5 Å². The summed E-state index contributed by atoms with van der Waals surface area (Å²) in [5.41, 5.74) is 1.08. The van der Waals surface area contributed by atoms with Gasteiger partial charge in [0.2, 0.25) is 15.9 Å². The number of anilines is 2. The molecule has 8 heteroatoms. The maximum absolute atomic E-state index is 12.0. The molecule has 2 aromatic carbocycles. The second-order valence-corrected chi connectivity index (χ2v) is 8.26. The van der Waals surface area contributed by atoms with Crippen LogP contribution >= 0.6 is 23.2 Å². The lowest BCUT2D eigenvalue weighted by Gasteiger charge is -2.22. The average molecular weight is 401 g/mol. The van der Waals surface area contributed by atoms with Crippen molar-refractivity contribution in [2.75, 3.05) is 22.4 Å². The van der Waals surface area contributed by atoms with Crippen molar-refractivity contribution in [2.24, 2.45) is 0 Å². The fourth-order valence-electron chi connectivity index (χ4n) is 2.31. The van der Waals surface area contributed by atoms with Crippen molar-refractivity contribution in [3.63, 3.8) is 0 Å². The molecule has 0 fully saturated rings. The Morgan fingerprint density at radius 3 is 2.24 bits per heavy atom. The fourth-order valence-corrected chi connectivity index (χ4v) is 3.80. The highest BCUT2D eigenvalue weighted by Crippen LogP contribution is 2.23. The van der Waals surface area contributed by atoms with Gasteiger partial charge in [-0.2, -0.15) is 0 Å².